The summed E-state index contributed by atoms with van der Waals surface area (Å²) in [5, 5.41) is 3.30. The second kappa shape index (κ2) is 7.36. The molecule has 2 rings (SSSR count). The maximum Gasteiger partial charge on any atom is 0.223 e. The quantitative estimate of drug-likeness (QED) is 0.798. The van der Waals surface area contributed by atoms with Crippen molar-refractivity contribution in [3.63, 3.8) is 0 Å². The first-order valence-corrected chi connectivity index (χ1v) is 7.27. The van der Waals surface area contributed by atoms with Crippen LogP contribution in [0, 0.1) is 5.82 Å². The fraction of sp³-hybridized carbons (Fsp3) is 0.267. The Hall–Kier alpha value is -1.46. The lowest BCUT2D eigenvalue weighted by atomic mass is 10.2. The summed E-state index contributed by atoms with van der Waals surface area (Å²) in [5.41, 5.74) is 0.946. The monoisotopic (exact) mass is 338 g/mol. The molecule has 1 N–H and O–H groups in total. The molecule has 0 unspecified atom stereocenters. The molecule has 1 heterocycles. The minimum atomic E-state index is -0.351. The maximum atomic E-state index is 13.3. The van der Waals surface area contributed by atoms with E-state index in [4.69, 9.17) is 4.74 Å². The van der Waals surface area contributed by atoms with Crippen molar-refractivity contribution in [2.24, 2.45) is 0 Å². The van der Waals surface area contributed by atoms with Crippen molar-refractivity contribution in [2.75, 3.05) is 6.54 Å². The van der Waals surface area contributed by atoms with Gasteiger partial charge in [-0.1, -0.05) is 28.9 Å². The predicted molar refractivity (Wildman–Crippen MR) is 80.4 cm³/mol. The number of hydrogen-bond acceptors (Lipinski definition) is 3. The van der Waals surface area contributed by atoms with Crippen molar-refractivity contribution in [1.82, 2.24) is 10.3 Å². The molecule has 2 aromatic rings. The van der Waals surface area contributed by atoms with Crippen molar-refractivity contribution in [1.29, 1.82) is 0 Å². The van der Waals surface area contributed by atoms with Crippen LogP contribution in [0.3, 0.4) is 0 Å². The smallest absolute Gasteiger partial charge is 0.223 e. The molecule has 1 aromatic heterocycles. The highest BCUT2D eigenvalue weighted by atomic mass is 79.9. The molecule has 106 valence electrons. The van der Waals surface area contributed by atoms with Gasteiger partial charge in [-0.15, -0.1) is 0 Å². The van der Waals surface area contributed by atoms with Crippen LogP contribution in [-0.4, -0.2) is 11.5 Å². The van der Waals surface area contributed by atoms with E-state index in [0.717, 1.165) is 18.5 Å². The van der Waals surface area contributed by atoms with Gasteiger partial charge >= 0.3 is 0 Å². The Kier molecular flexibility index (Phi) is 5.49. The molecule has 0 radical (unpaired) electrons. The van der Waals surface area contributed by atoms with Gasteiger partial charge in [0, 0.05) is 28.8 Å². The minimum Gasteiger partial charge on any atom is -0.439 e. The molecule has 0 aliphatic heterocycles. The van der Waals surface area contributed by atoms with Crippen molar-refractivity contribution in [3.8, 4) is 11.6 Å². The number of nitrogens with zero attached hydrogens (tertiary/aromatic N) is 1. The van der Waals surface area contributed by atoms with Gasteiger partial charge < -0.3 is 10.1 Å². The third-order valence-electron chi connectivity index (χ3n) is 2.64. The largest absolute Gasteiger partial charge is 0.439 e. The van der Waals surface area contributed by atoms with Crippen molar-refractivity contribution < 1.29 is 9.13 Å². The summed E-state index contributed by atoms with van der Waals surface area (Å²) in [6, 6.07) is 8.23. The predicted octanol–water partition coefficient (Wildman–Crippen LogP) is 4.28. The number of aromatic nitrogens is 1. The van der Waals surface area contributed by atoms with Crippen LogP contribution in [-0.2, 0) is 6.54 Å². The van der Waals surface area contributed by atoms with Gasteiger partial charge in [-0.25, -0.2) is 9.37 Å². The van der Waals surface area contributed by atoms with Crippen LogP contribution in [0.1, 0.15) is 18.9 Å². The van der Waals surface area contributed by atoms with Crippen LogP contribution in [0.4, 0.5) is 4.39 Å². The Morgan fingerprint density at radius 3 is 2.95 bits per heavy atom. The zero-order valence-corrected chi connectivity index (χ0v) is 12.8. The van der Waals surface area contributed by atoms with E-state index in [-0.39, 0.29) is 5.82 Å². The summed E-state index contributed by atoms with van der Waals surface area (Å²) < 4.78 is 19.7. The maximum absolute atomic E-state index is 13.3. The summed E-state index contributed by atoms with van der Waals surface area (Å²) in [4.78, 5) is 4.21. The van der Waals surface area contributed by atoms with E-state index in [1.54, 1.807) is 12.3 Å². The number of pyridine rings is 1. The zero-order chi connectivity index (χ0) is 14.4. The highest BCUT2D eigenvalue weighted by molar-refractivity contribution is 9.10. The average molecular weight is 339 g/mol. The molecule has 5 heteroatoms. The van der Waals surface area contributed by atoms with E-state index in [0.29, 0.717) is 22.6 Å². The van der Waals surface area contributed by atoms with E-state index in [2.05, 4.69) is 33.2 Å². The normalized spacial score (nSPS) is 10.6. The Balaban J connectivity index is 2.15. The number of nitrogens with one attached hydrogen (secondary N) is 1. The molecule has 1 aromatic carbocycles. The molecule has 0 saturated carbocycles. The lowest BCUT2D eigenvalue weighted by Crippen LogP contribution is -2.14. The summed E-state index contributed by atoms with van der Waals surface area (Å²) in [6.07, 6.45) is 2.72. The third-order valence-corrected chi connectivity index (χ3v) is 3.10. The summed E-state index contributed by atoms with van der Waals surface area (Å²) in [7, 11) is 0. The second-order valence-corrected chi connectivity index (χ2v) is 5.27. The van der Waals surface area contributed by atoms with Crippen molar-refractivity contribution >= 4 is 15.9 Å². The molecule has 0 fully saturated rings. The molecule has 3 nitrogen and oxygen atoms in total. The van der Waals surface area contributed by atoms with Crippen LogP contribution in [0.15, 0.2) is 41.0 Å². The van der Waals surface area contributed by atoms with Gasteiger partial charge in [0.25, 0.3) is 0 Å². The van der Waals surface area contributed by atoms with Crippen molar-refractivity contribution in [3.05, 3.63) is 52.4 Å². The van der Waals surface area contributed by atoms with Gasteiger partial charge in [-0.2, -0.15) is 0 Å². The van der Waals surface area contributed by atoms with E-state index in [1.807, 2.05) is 12.1 Å². The van der Waals surface area contributed by atoms with Gasteiger partial charge in [0.1, 0.15) is 11.6 Å². The van der Waals surface area contributed by atoms with Gasteiger partial charge in [-0.05, 0) is 31.2 Å². The van der Waals surface area contributed by atoms with Gasteiger partial charge in [0.15, 0.2) is 0 Å². The number of rotatable bonds is 6. The van der Waals surface area contributed by atoms with Gasteiger partial charge in [-0.3, -0.25) is 0 Å². The first-order valence-electron chi connectivity index (χ1n) is 6.47. The molecule has 0 aliphatic carbocycles. The molecule has 0 aliphatic rings. The summed E-state index contributed by atoms with van der Waals surface area (Å²) >= 11 is 3.24. The number of hydrogen-bond donors (Lipinski definition) is 1. The molecule has 0 bridgehead atoms. The molecule has 0 atom stereocenters. The Bertz CT molecular complexity index is 557. The Morgan fingerprint density at radius 1 is 1.35 bits per heavy atom. The average Bonchev–Trinajstić information content (AvgIpc) is 2.40. The minimum absolute atomic E-state index is 0.351. The Morgan fingerprint density at radius 2 is 2.20 bits per heavy atom. The van der Waals surface area contributed by atoms with Crippen molar-refractivity contribution in [2.45, 2.75) is 19.9 Å². The number of benzene rings is 1. The molecule has 0 amide bonds. The van der Waals surface area contributed by atoms with Crippen LogP contribution in [0.25, 0.3) is 0 Å². The number of halogens is 2. The lowest BCUT2D eigenvalue weighted by molar-refractivity contribution is 0.448. The molecule has 20 heavy (non-hydrogen) atoms. The first-order chi connectivity index (χ1) is 9.69. The second-order valence-electron chi connectivity index (χ2n) is 4.35. The highest BCUT2D eigenvalue weighted by Gasteiger charge is 2.07. The summed E-state index contributed by atoms with van der Waals surface area (Å²) in [5.74, 6) is 0.567. The molecule has 0 spiro atoms. The SMILES string of the molecule is CCCNCc1cccnc1Oc1cc(F)cc(Br)c1. The fourth-order valence-electron chi connectivity index (χ4n) is 1.75. The van der Waals surface area contributed by atoms with E-state index in [1.165, 1.54) is 12.1 Å². The first kappa shape index (κ1) is 14.9. The zero-order valence-electron chi connectivity index (χ0n) is 11.2. The van der Waals surface area contributed by atoms with Crippen LogP contribution >= 0.6 is 15.9 Å². The molecular formula is C15H16BrFN2O. The van der Waals surface area contributed by atoms with Gasteiger partial charge in [0.2, 0.25) is 5.88 Å². The van der Waals surface area contributed by atoms with Crippen LogP contribution < -0.4 is 10.1 Å². The number of ether oxygens (including phenoxy) is 1. The van der Waals surface area contributed by atoms with E-state index in [9.17, 15) is 4.39 Å². The van der Waals surface area contributed by atoms with Crippen LogP contribution in [0.2, 0.25) is 0 Å². The highest BCUT2D eigenvalue weighted by Crippen LogP contribution is 2.26. The van der Waals surface area contributed by atoms with Crippen LogP contribution in [0.5, 0.6) is 11.6 Å². The van der Waals surface area contributed by atoms with Gasteiger partial charge in [0.05, 0.1) is 0 Å². The molecule has 0 saturated heterocycles. The third kappa shape index (κ3) is 4.28. The molecular weight excluding hydrogens is 323 g/mol. The van der Waals surface area contributed by atoms with E-state index >= 15 is 0 Å². The Labute approximate surface area is 126 Å². The topological polar surface area (TPSA) is 34.2 Å². The summed E-state index contributed by atoms with van der Waals surface area (Å²) in [6.45, 7) is 3.71. The fourth-order valence-corrected chi connectivity index (χ4v) is 2.19. The lowest BCUT2D eigenvalue weighted by Gasteiger charge is -2.10. The van der Waals surface area contributed by atoms with E-state index < -0.39 is 0 Å². The standard InChI is InChI=1S/C15H16BrFN2O/c1-2-5-18-10-11-4-3-6-19-15(11)20-14-8-12(16)7-13(17)9-14/h3-4,6-9,18H,2,5,10H2,1H3.